The Morgan fingerprint density at radius 3 is 2.71 bits per heavy atom. The maximum Gasteiger partial charge on any atom is 0.248 e. The number of benzene rings is 1. The lowest BCUT2D eigenvalue weighted by atomic mass is 9.92. The van der Waals surface area contributed by atoms with Crippen LogP contribution in [-0.4, -0.2) is 45.1 Å². The Morgan fingerprint density at radius 1 is 1.16 bits per heavy atom. The van der Waals surface area contributed by atoms with Gasteiger partial charge in [0.2, 0.25) is 17.8 Å². The zero-order valence-electron chi connectivity index (χ0n) is 17.0. The summed E-state index contributed by atoms with van der Waals surface area (Å²) in [5.41, 5.74) is 1.92. The summed E-state index contributed by atoms with van der Waals surface area (Å²) >= 11 is 6.35. The van der Waals surface area contributed by atoms with Crippen molar-refractivity contribution in [3.05, 3.63) is 29.2 Å². The van der Waals surface area contributed by atoms with Crippen LogP contribution >= 0.6 is 11.6 Å². The van der Waals surface area contributed by atoms with E-state index < -0.39 is 11.7 Å². The van der Waals surface area contributed by atoms with Crippen molar-refractivity contribution < 1.29 is 13.2 Å². The predicted molar refractivity (Wildman–Crippen MR) is 114 cm³/mol. The number of halogens is 4. The lowest BCUT2D eigenvalue weighted by Crippen LogP contribution is -2.32. The smallest absolute Gasteiger partial charge is 0.248 e. The number of nitrogens with one attached hydrogen (secondary N) is 1. The summed E-state index contributed by atoms with van der Waals surface area (Å²) in [4.78, 5) is 15.2. The minimum Gasteiger partial charge on any atom is -0.351 e. The Balaban J connectivity index is 1.49. The van der Waals surface area contributed by atoms with Crippen molar-refractivity contribution >= 4 is 34.5 Å². The first kappa shape index (κ1) is 20.4. The number of alkyl halides is 2. The molecule has 1 aromatic carbocycles. The van der Waals surface area contributed by atoms with E-state index in [1.54, 1.807) is 0 Å². The molecule has 0 unspecified atom stereocenters. The zero-order valence-corrected chi connectivity index (χ0v) is 17.8. The first-order valence-corrected chi connectivity index (χ1v) is 10.8. The molecular weight excluding hydrogens is 429 g/mol. The number of imidazole rings is 1. The fourth-order valence-electron chi connectivity index (χ4n) is 4.39. The number of aromatic nitrogens is 4. The normalized spacial score (nSPS) is 18.9. The van der Waals surface area contributed by atoms with Crippen LogP contribution in [0, 0.1) is 5.82 Å². The van der Waals surface area contributed by atoms with Crippen molar-refractivity contribution in [2.75, 3.05) is 23.8 Å². The Morgan fingerprint density at radius 2 is 1.94 bits per heavy atom. The van der Waals surface area contributed by atoms with Crippen molar-refractivity contribution in [3.8, 4) is 11.3 Å². The molecule has 1 aliphatic carbocycles. The van der Waals surface area contributed by atoms with Gasteiger partial charge in [0.1, 0.15) is 5.52 Å². The van der Waals surface area contributed by atoms with E-state index in [4.69, 9.17) is 11.6 Å². The molecule has 0 saturated heterocycles. The summed E-state index contributed by atoms with van der Waals surface area (Å²) in [6.07, 6.45) is 2.76. The van der Waals surface area contributed by atoms with Gasteiger partial charge in [0.05, 0.1) is 22.4 Å². The van der Waals surface area contributed by atoms with Crippen molar-refractivity contribution in [2.24, 2.45) is 0 Å². The van der Waals surface area contributed by atoms with Crippen LogP contribution in [-0.2, 0) is 6.54 Å². The van der Waals surface area contributed by atoms with E-state index in [2.05, 4.69) is 20.3 Å². The molecule has 2 aliphatic rings. The second-order valence-corrected chi connectivity index (χ2v) is 8.74. The van der Waals surface area contributed by atoms with Gasteiger partial charge in [0.25, 0.3) is 0 Å². The molecule has 1 saturated carbocycles. The van der Waals surface area contributed by atoms with Crippen molar-refractivity contribution in [1.82, 2.24) is 19.5 Å². The summed E-state index contributed by atoms with van der Waals surface area (Å²) in [5.74, 6) is -2.01. The van der Waals surface area contributed by atoms with Crippen LogP contribution in [0.15, 0.2) is 18.3 Å². The highest BCUT2D eigenvalue weighted by Crippen LogP contribution is 2.36. The fourth-order valence-corrected chi connectivity index (χ4v) is 4.59. The molecule has 2 aromatic heterocycles. The first-order valence-electron chi connectivity index (χ1n) is 10.4. The maximum atomic E-state index is 15.0. The second kappa shape index (κ2) is 7.55. The van der Waals surface area contributed by atoms with Gasteiger partial charge in [-0.3, -0.25) is 0 Å². The van der Waals surface area contributed by atoms with Crippen molar-refractivity contribution in [3.63, 3.8) is 0 Å². The Hall–Kier alpha value is -2.55. The third-order valence-corrected chi connectivity index (χ3v) is 6.35. The number of hydrogen-bond donors (Lipinski definition) is 1. The highest BCUT2D eigenvalue weighted by atomic mass is 35.5. The van der Waals surface area contributed by atoms with Crippen LogP contribution < -0.4 is 10.2 Å². The molecule has 0 atom stereocenters. The van der Waals surface area contributed by atoms with E-state index in [1.807, 2.05) is 22.6 Å². The maximum absolute atomic E-state index is 15.0. The SMILES string of the molecule is CN1CCCn2c1nc1c(F)cc(-c3nc(NC4CCC(F)(F)CC4)ncc3Cl)cc12. The molecule has 31 heavy (non-hydrogen) atoms. The molecule has 0 radical (unpaired) electrons. The number of nitrogens with zero attached hydrogens (tertiary/aromatic N) is 5. The van der Waals surface area contributed by atoms with Gasteiger partial charge in [-0.25, -0.2) is 28.1 Å². The molecule has 0 bridgehead atoms. The van der Waals surface area contributed by atoms with Gasteiger partial charge in [-0.1, -0.05) is 11.6 Å². The average molecular weight is 451 g/mol. The van der Waals surface area contributed by atoms with Crippen LogP contribution in [0.2, 0.25) is 5.02 Å². The summed E-state index contributed by atoms with van der Waals surface area (Å²) in [6, 6.07) is 3.08. The monoisotopic (exact) mass is 450 g/mol. The molecule has 1 N–H and O–H groups in total. The molecule has 1 aliphatic heterocycles. The van der Waals surface area contributed by atoms with E-state index in [0.717, 1.165) is 25.5 Å². The molecule has 5 rings (SSSR count). The summed E-state index contributed by atoms with van der Waals surface area (Å²) in [5, 5.41) is 3.41. The highest BCUT2D eigenvalue weighted by molar-refractivity contribution is 6.33. The third kappa shape index (κ3) is 3.79. The van der Waals surface area contributed by atoms with E-state index >= 15 is 0 Å². The Bertz CT molecular complexity index is 1140. The standard InChI is InChI=1S/C21H22ClF3N6/c1-30-7-2-8-31-16-10-12(9-15(23)18(16)29-20(30)31)17-14(22)11-26-19(28-17)27-13-3-5-21(24,25)6-4-13/h9-11,13H,2-8H2,1H3,(H,26,27,28). The molecule has 3 aromatic rings. The molecule has 164 valence electrons. The largest absolute Gasteiger partial charge is 0.351 e. The van der Waals surface area contributed by atoms with Crippen LogP contribution in [0.3, 0.4) is 0 Å². The number of fused-ring (bicyclic) bond motifs is 3. The van der Waals surface area contributed by atoms with Crippen LogP contribution in [0.4, 0.5) is 25.1 Å². The zero-order chi connectivity index (χ0) is 21.8. The van der Waals surface area contributed by atoms with E-state index in [1.165, 1.54) is 12.3 Å². The van der Waals surface area contributed by atoms with Crippen LogP contribution in [0.1, 0.15) is 32.1 Å². The second-order valence-electron chi connectivity index (χ2n) is 8.33. The van der Waals surface area contributed by atoms with Gasteiger partial charge >= 0.3 is 0 Å². The number of anilines is 2. The Kier molecular flexibility index (Phi) is 4.96. The molecule has 1 fully saturated rings. The van der Waals surface area contributed by atoms with Crippen molar-refractivity contribution in [1.29, 1.82) is 0 Å². The van der Waals surface area contributed by atoms with Gasteiger partial charge < -0.3 is 14.8 Å². The molecule has 10 heteroatoms. The molecule has 0 spiro atoms. The fraction of sp³-hybridized carbons (Fsp3) is 0.476. The van der Waals surface area contributed by atoms with Crippen LogP contribution in [0.25, 0.3) is 22.3 Å². The van der Waals surface area contributed by atoms with E-state index in [9.17, 15) is 13.2 Å². The number of aryl methyl sites for hydroxylation is 1. The molecular formula is C21H22ClF3N6. The lowest BCUT2D eigenvalue weighted by Gasteiger charge is -2.28. The number of rotatable bonds is 3. The summed E-state index contributed by atoms with van der Waals surface area (Å²) in [6.45, 7) is 1.63. The van der Waals surface area contributed by atoms with Crippen molar-refractivity contribution in [2.45, 2.75) is 50.6 Å². The minimum absolute atomic E-state index is 0.134. The van der Waals surface area contributed by atoms with Gasteiger partial charge in [-0.2, -0.15) is 0 Å². The summed E-state index contributed by atoms with van der Waals surface area (Å²) < 4.78 is 43.8. The quantitative estimate of drug-likeness (QED) is 0.600. The van der Waals surface area contributed by atoms with Gasteiger partial charge in [-0.05, 0) is 31.4 Å². The third-order valence-electron chi connectivity index (χ3n) is 6.07. The van der Waals surface area contributed by atoms with E-state index in [-0.39, 0.29) is 23.9 Å². The molecule has 6 nitrogen and oxygen atoms in total. The van der Waals surface area contributed by atoms with Crippen LogP contribution in [0.5, 0.6) is 0 Å². The van der Waals surface area contributed by atoms with E-state index in [0.29, 0.717) is 41.1 Å². The summed E-state index contributed by atoms with van der Waals surface area (Å²) in [7, 11) is 1.94. The first-order chi connectivity index (χ1) is 14.8. The lowest BCUT2D eigenvalue weighted by molar-refractivity contribution is -0.0361. The average Bonchev–Trinajstić information content (AvgIpc) is 3.12. The van der Waals surface area contributed by atoms with Gasteiger partial charge in [-0.15, -0.1) is 0 Å². The van der Waals surface area contributed by atoms with Gasteiger partial charge in [0.15, 0.2) is 5.82 Å². The van der Waals surface area contributed by atoms with Gasteiger partial charge in [0, 0.05) is 44.6 Å². The highest BCUT2D eigenvalue weighted by Gasteiger charge is 2.35. The molecule has 3 heterocycles. The minimum atomic E-state index is -2.60. The predicted octanol–water partition coefficient (Wildman–Crippen LogP) is 5.12. The topological polar surface area (TPSA) is 58.9 Å². The number of hydrogen-bond acceptors (Lipinski definition) is 5. The molecule has 0 amide bonds. The Labute approximate surface area is 182 Å².